The van der Waals surface area contributed by atoms with Crippen LogP contribution in [0.5, 0.6) is 5.75 Å². The molecule has 0 saturated heterocycles. The topological polar surface area (TPSA) is 86.3 Å². The lowest BCUT2D eigenvalue weighted by atomic mass is 10.1. The Morgan fingerprint density at radius 1 is 1.16 bits per heavy atom. The van der Waals surface area contributed by atoms with Crippen molar-refractivity contribution in [1.82, 2.24) is 24.4 Å². The molecule has 0 bridgehead atoms. The van der Waals surface area contributed by atoms with Gasteiger partial charge in [-0.3, -0.25) is 9.48 Å². The van der Waals surface area contributed by atoms with Gasteiger partial charge in [0.2, 0.25) is 0 Å². The number of anilines is 1. The molecule has 3 heterocycles. The number of fused-ring (bicyclic) bond motifs is 1. The van der Waals surface area contributed by atoms with Gasteiger partial charge in [-0.25, -0.2) is 22.7 Å². The standard InChI is InChI=1S/C25H18ClF3N6O2/c1-37-21-5-3-2-4-16(21)19-11-20(23(28)29)35-24(31-19)17(12-30-35)25(36)32-22-8-9-34(33-22)13-14-6-7-15(27)10-18(14)26/h2-12,23H,13H2,1H3,(H,32,33,36). The van der Waals surface area contributed by atoms with E-state index < -0.39 is 23.8 Å². The predicted molar refractivity (Wildman–Crippen MR) is 131 cm³/mol. The molecule has 12 heteroatoms. The van der Waals surface area contributed by atoms with Crippen LogP contribution in [0.15, 0.2) is 67.0 Å². The van der Waals surface area contributed by atoms with E-state index in [2.05, 4.69) is 20.5 Å². The van der Waals surface area contributed by atoms with Gasteiger partial charge in [-0.15, -0.1) is 0 Å². The Balaban J connectivity index is 1.45. The molecule has 5 aromatic rings. The van der Waals surface area contributed by atoms with E-state index in [1.54, 1.807) is 42.6 Å². The summed E-state index contributed by atoms with van der Waals surface area (Å²) in [6.45, 7) is 0.243. The van der Waals surface area contributed by atoms with Crippen molar-refractivity contribution < 1.29 is 22.7 Å². The van der Waals surface area contributed by atoms with Gasteiger partial charge in [0.1, 0.15) is 22.8 Å². The number of alkyl halides is 2. The minimum Gasteiger partial charge on any atom is -0.496 e. The lowest BCUT2D eigenvalue weighted by Gasteiger charge is -2.11. The zero-order chi connectivity index (χ0) is 26.1. The van der Waals surface area contributed by atoms with Crippen LogP contribution in [0.25, 0.3) is 16.9 Å². The first-order valence-corrected chi connectivity index (χ1v) is 11.3. The zero-order valence-electron chi connectivity index (χ0n) is 19.2. The Morgan fingerprint density at radius 3 is 2.73 bits per heavy atom. The van der Waals surface area contributed by atoms with Crippen LogP contribution in [-0.4, -0.2) is 37.4 Å². The second-order valence-corrected chi connectivity index (χ2v) is 8.36. The minimum absolute atomic E-state index is 0.0187. The number of nitrogens with zero attached hydrogens (tertiary/aromatic N) is 5. The van der Waals surface area contributed by atoms with Crippen molar-refractivity contribution in [2.45, 2.75) is 13.0 Å². The van der Waals surface area contributed by atoms with E-state index in [1.165, 1.54) is 36.2 Å². The SMILES string of the molecule is COc1ccccc1-c1cc(C(F)F)n2ncc(C(=O)Nc3ccn(Cc4ccc(F)cc4Cl)n3)c2n1. The highest BCUT2D eigenvalue weighted by Crippen LogP contribution is 2.32. The van der Waals surface area contributed by atoms with Crippen molar-refractivity contribution in [1.29, 1.82) is 0 Å². The highest BCUT2D eigenvalue weighted by Gasteiger charge is 2.23. The number of benzene rings is 2. The highest BCUT2D eigenvalue weighted by molar-refractivity contribution is 6.31. The molecule has 0 spiro atoms. The van der Waals surface area contributed by atoms with E-state index in [4.69, 9.17) is 16.3 Å². The molecule has 0 aliphatic rings. The van der Waals surface area contributed by atoms with Crippen LogP contribution in [-0.2, 0) is 6.54 Å². The van der Waals surface area contributed by atoms with Crippen molar-refractivity contribution in [2.24, 2.45) is 0 Å². The average Bonchev–Trinajstić information content (AvgIpc) is 3.51. The smallest absolute Gasteiger partial charge is 0.280 e. The second-order valence-electron chi connectivity index (χ2n) is 7.95. The normalized spacial score (nSPS) is 11.3. The van der Waals surface area contributed by atoms with Gasteiger partial charge in [0, 0.05) is 22.8 Å². The molecule has 1 N–H and O–H groups in total. The summed E-state index contributed by atoms with van der Waals surface area (Å²) < 4.78 is 48.9. The van der Waals surface area contributed by atoms with E-state index in [1.807, 2.05) is 0 Å². The summed E-state index contributed by atoms with van der Waals surface area (Å²) in [5.41, 5.74) is 0.837. The summed E-state index contributed by atoms with van der Waals surface area (Å²) >= 11 is 6.08. The number of carbonyl (C=O) groups excluding carboxylic acids is 1. The highest BCUT2D eigenvalue weighted by atomic mass is 35.5. The average molecular weight is 527 g/mol. The number of para-hydroxylation sites is 1. The van der Waals surface area contributed by atoms with Gasteiger partial charge in [-0.2, -0.15) is 10.2 Å². The summed E-state index contributed by atoms with van der Waals surface area (Å²) in [6.07, 6.45) is -0.0906. The first-order chi connectivity index (χ1) is 17.8. The Labute approximate surface area is 213 Å². The lowest BCUT2D eigenvalue weighted by molar-refractivity contribution is 0.102. The molecule has 2 aromatic carbocycles. The fourth-order valence-corrected chi connectivity index (χ4v) is 4.05. The third kappa shape index (κ3) is 4.85. The summed E-state index contributed by atoms with van der Waals surface area (Å²) in [5, 5.41) is 11.1. The van der Waals surface area contributed by atoms with Gasteiger partial charge in [0.05, 0.1) is 25.5 Å². The zero-order valence-corrected chi connectivity index (χ0v) is 20.0. The van der Waals surface area contributed by atoms with E-state index >= 15 is 0 Å². The van der Waals surface area contributed by atoms with E-state index in [9.17, 15) is 18.0 Å². The van der Waals surface area contributed by atoms with Crippen molar-refractivity contribution in [3.05, 3.63) is 94.7 Å². The van der Waals surface area contributed by atoms with Gasteiger partial charge in [0.25, 0.3) is 12.3 Å². The number of methoxy groups -OCH3 is 1. The molecule has 0 aliphatic carbocycles. The van der Waals surface area contributed by atoms with Gasteiger partial charge in [-0.1, -0.05) is 29.8 Å². The summed E-state index contributed by atoms with van der Waals surface area (Å²) in [6, 6.07) is 13.6. The third-order valence-corrected chi connectivity index (χ3v) is 5.93. The maximum atomic E-state index is 13.9. The second kappa shape index (κ2) is 9.94. The predicted octanol–water partition coefficient (Wildman–Crippen LogP) is 5.63. The number of hydrogen-bond donors (Lipinski definition) is 1. The summed E-state index contributed by atoms with van der Waals surface area (Å²) in [7, 11) is 1.46. The van der Waals surface area contributed by atoms with Crippen LogP contribution >= 0.6 is 11.6 Å². The Kier molecular flexibility index (Phi) is 6.53. The molecular weight excluding hydrogens is 509 g/mol. The molecular formula is C25H18ClF3N6O2. The van der Waals surface area contributed by atoms with Crippen LogP contribution < -0.4 is 10.1 Å². The number of nitrogens with one attached hydrogen (secondary N) is 1. The fourth-order valence-electron chi connectivity index (χ4n) is 3.82. The first kappa shape index (κ1) is 24.3. The quantitative estimate of drug-likeness (QED) is 0.297. The monoisotopic (exact) mass is 526 g/mol. The van der Waals surface area contributed by atoms with Crippen molar-refractivity contribution in [3.63, 3.8) is 0 Å². The van der Waals surface area contributed by atoms with Crippen LogP contribution in [0.2, 0.25) is 5.02 Å². The number of ether oxygens (including phenoxy) is 1. The molecule has 37 heavy (non-hydrogen) atoms. The van der Waals surface area contributed by atoms with Crippen LogP contribution in [0, 0.1) is 5.82 Å². The number of rotatable bonds is 7. The number of aromatic nitrogens is 5. The molecule has 0 saturated carbocycles. The van der Waals surface area contributed by atoms with Crippen LogP contribution in [0.1, 0.15) is 28.0 Å². The largest absolute Gasteiger partial charge is 0.496 e. The molecule has 1 amide bonds. The number of halogens is 4. The van der Waals surface area contributed by atoms with E-state index in [0.29, 0.717) is 16.9 Å². The van der Waals surface area contributed by atoms with Gasteiger partial charge in [-0.05, 0) is 35.9 Å². The van der Waals surface area contributed by atoms with Gasteiger partial charge < -0.3 is 10.1 Å². The molecule has 0 unspecified atom stereocenters. The van der Waals surface area contributed by atoms with E-state index in [0.717, 1.165) is 4.52 Å². The Hall–Kier alpha value is -4.38. The first-order valence-electron chi connectivity index (χ1n) is 10.9. The number of amides is 1. The maximum absolute atomic E-state index is 13.9. The molecule has 0 radical (unpaired) electrons. The molecule has 3 aromatic heterocycles. The van der Waals surface area contributed by atoms with Gasteiger partial charge in [0.15, 0.2) is 11.5 Å². The van der Waals surface area contributed by atoms with Crippen molar-refractivity contribution in [2.75, 3.05) is 12.4 Å². The number of carbonyl (C=O) groups is 1. The van der Waals surface area contributed by atoms with Crippen LogP contribution in [0.4, 0.5) is 19.0 Å². The molecule has 0 aliphatic heterocycles. The summed E-state index contributed by atoms with van der Waals surface area (Å²) in [5.74, 6) is -0.438. The third-order valence-electron chi connectivity index (χ3n) is 5.58. The molecule has 8 nitrogen and oxygen atoms in total. The molecule has 0 atom stereocenters. The fraction of sp³-hybridized carbons (Fsp3) is 0.120. The van der Waals surface area contributed by atoms with Crippen LogP contribution in [0.3, 0.4) is 0 Å². The van der Waals surface area contributed by atoms with E-state index in [-0.39, 0.29) is 34.3 Å². The molecule has 5 rings (SSSR count). The number of hydrogen-bond acceptors (Lipinski definition) is 5. The summed E-state index contributed by atoms with van der Waals surface area (Å²) in [4.78, 5) is 17.5. The Bertz CT molecular complexity index is 1620. The lowest BCUT2D eigenvalue weighted by Crippen LogP contribution is -2.14. The minimum atomic E-state index is -2.87. The maximum Gasteiger partial charge on any atom is 0.280 e. The van der Waals surface area contributed by atoms with Crippen molar-refractivity contribution in [3.8, 4) is 17.0 Å². The van der Waals surface area contributed by atoms with Crippen molar-refractivity contribution >= 4 is 29.0 Å². The molecule has 188 valence electrons. The Morgan fingerprint density at radius 2 is 1.97 bits per heavy atom. The van der Waals surface area contributed by atoms with Gasteiger partial charge >= 0.3 is 0 Å². The molecule has 0 fully saturated rings.